The number of hydrogen-bond acceptors (Lipinski definition) is 5. The first-order valence-corrected chi connectivity index (χ1v) is 7.67. The van der Waals surface area contributed by atoms with E-state index in [4.69, 9.17) is 21.2 Å². The Morgan fingerprint density at radius 1 is 1.52 bits per heavy atom. The van der Waals surface area contributed by atoms with Crippen LogP contribution in [0.25, 0.3) is 10.6 Å². The van der Waals surface area contributed by atoms with Crippen molar-refractivity contribution < 1.29 is 14.4 Å². The third-order valence-corrected chi connectivity index (χ3v) is 4.53. The number of halogens is 1. The minimum absolute atomic E-state index is 0.0778. The number of carbonyl (C=O) groups is 1. The van der Waals surface area contributed by atoms with Crippen LogP contribution in [0.3, 0.4) is 0 Å². The molecule has 7 heteroatoms. The van der Waals surface area contributed by atoms with Crippen molar-refractivity contribution in [2.75, 3.05) is 6.61 Å². The Labute approximate surface area is 130 Å². The molecule has 2 atom stereocenters. The Morgan fingerprint density at radius 2 is 2.38 bits per heavy atom. The van der Waals surface area contributed by atoms with Crippen molar-refractivity contribution >= 4 is 28.8 Å². The summed E-state index contributed by atoms with van der Waals surface area (Å²) >= 11 is 7.23. The van der Waals surface area contributed by atoms with E-state index in [1.54, 1.807) is 12.1 Å². The number of hydrogen-bond donors (Lipinski definition) is 2. The van der Waals surface area contributed by atoms with E-state index in [-0.39, 0.29) is 30.2 Å². The molecule has 2 aromatic heterocycles. The fourth-order valence-corrected chi connectivity index (χ4v) is 3.20. The molecule has 0 aliphatic heterocycles. The number of amides is 1. The summed E-state index contributed by atoms with van der Waals surface area (Å²) < 4.78 is 5.83. The fourth-order valence-electron chi connectivity index (χ4n) is 2.20. The highest BCUT2D eigenvalue weighted by molar-refractivity contribution is 7.19. The van der Waals surface area contributed by atoms with Gasteiger partial charge in [-0.15, -0.1) is 11.3 Å². The smallest absolute Gasteiger partial charge is 0.273 e. The number of rotatable bonds is 4. The van der Waals surface area contributed by atoms with Crippen LogP contribution >= 0.6 is 22.9 Å². The maximum Gasteiger partial charge on any atom is 0.273 e. The number of aliphatic hydroxyl groups is 1. The molecule has 2 aromatic rings. The molecule has 0 spiro atoms. The average molecular weight is 325 g/mol. The molecule has 0 aromatic carbocycles. The molecule has 1 aliphatic rings. The van der Waals surface area contributed by atoms with Gasteiger partial charge in [-0.05, 0) is 18.6 Å². The van der Waals surface area contributed by atoms with E-state index in [1.165, 1.54) is 11.3 Å². The topological polar surface area (TPSA) is 75.4 Å². The van der Waals surface area contributed by atoms with Crippen molar-refractivity contribution in [2.24, 2.45) is 5.92 Å². The first-order chi connectivity index (χ1) is 10.2. The van der Waals surface area contributed by atoms with Gasteiger partial charge in [0, 0.05) is 24.6 Å². The predicted octanol–water partition coefficient (Wildman–Crippen LogP) is 2.72. The molecular weight excluding hydrogens is 312 g/mol. The zero-order valence-electron chi connectivity index (χ0n) is 11.0. The summed E-state index contributed by atoms with van der Waals surface area (Å²) in [6.07, 6.45) is 4.50. The standard InChI is InChI=1S/C14H13ClN2O3S/c15-13-4-3-12(21-13)11-6-10(17-20-11)14(19)16-9-2-1-8(5-9)7-18/h1-4,6,8-9,18H,5,7H2,(H,16,19)/t8-,9+/m0/s1. The Balaban J connectivity index is 1.66. The lowest BCUT2D eigenvalue weighted by molar-refractivity contribution is 0.0932. The highest BCUT2D eigenvalue weighted by Crippen LogP contribution is 2.31. The second-order valence-electron chi connectivity index (χ2n) is 4.82. The first kappa shape index (κ1) is 14.3. The van der Waals surface area contributed by atoms with Gasteiger partial charge in [0.15, 0.2) is 11.5 Å². The highest BCUT2D eigenvalue weighted by atomic mass is 35.5. The van der Waals surface area contributed by atoms with Crippen molar-refractivity contribution in [3.8, 4) is 10.6 Å². The maximum atomic E-state index is 12.1. The van der Waals surface area contributed by atoms with Crippen LogP contribution in [-0.2, 0) is 0 Å². The molecule has 3 rings (SSSR count). The highest BCUT2D eigenvalue weighted by Gasteiger charge is 2.22. The summed E-state index contributed by atoms with van der Waals surface area (Å²) in [6, 6.07) is 5.11. The molecule has 110 valence electrons. The average Bonchev–Trinajstić information content (AvgIpc) is 3.17. The lowest BCUT2D eigenvalue weighted by Crippen LogP contribution is -2.33. The van der Waals surface area contributed by atoms with E-state index in [1.807, 2.05) is 18.2 Å². The van der Waals surface area contributed by atoms with Crippen molar-refractivity contribution in [2.45, 2.75) is 12.5 Å². The molecule has 5 nitrogen and oxygen atoms in total. The summed E-state index contributed by atoms with van der Waals surface area (Å²) in [5.74, 6) is 0.338. The Morgan fingerprint density at radius 3 is 3.05 bits per heavy atom. The number of aromatic nitrogens is 1. The molecule has 0 saturated carbocycles. The van der Waals surface area contributed by atoms with Crippen molar-refractivity contribution in [1.29, 1.82) is 0 Å². The number of thiophene rings is 1. The van der Waals surface area contributed by atoms with Gasteiger partial charge in [0.05, 0.1) is 9.21 Å². The van der Waals surface area contributed by atoms with Gasteiger partial charge in [0.25, 0.3) is 5.91 Å². The molecular formula is C14H13ClN2O3S. The van der Waals surface area contributed by atoms with Crippen molar-refractivity contribution in [3.63, 3.8) is 0 Å². The normalized spacial score (nSPS) is 20.9. The van der Waals surface area contributed by atoms with Gasteiger partial charge in [-0.2, -0.15) is 0 Å². The van der Waals surface area contributed by atoms with Crippen LogP contribution < -0.4 is 5.32 Å². The lowest BCUT2D eigenvalue weighted by Gasteiger charge is -2.11. The first-order valence-electron chi connectivity index (χ1n) is 6.48. The zero-order chi connectivity index (χ0) is 14.8. The van der Waals surface area contributed by atoms with Crippen molar-refractivity contribution in [1.82, 2.24) is 10.5 Å². The van der Waals surface area contributed by atoms with Crippen LogP contribution in [0.2, 0.25) is 4.34 Å². The second kappa shape index (κ2) is 6.01. The third kappa shape index (κ3) is 3.18. The van der Waals surface area contributed by atoms with E-state index in [9.17, 15) is 4.79 Å². The van der Waals surface area contributed by atoms with Crippen LogP contribution in [-0.4, -0.2) is 28.8 Å². The predicted molar refractivity (Wildman–Crippen MR) is 80.4 cm³/mol. The van der Waals surface area contributed by atoms with Crippen LogP contribution in [0, 0.1) is 5.92 Å². The molecule has 2 N–H and O–H groups in total. The summed E-state index contributed by atoms with van der Waals surface area (Å²) in [6.45, 7) is 0.0934. The quantitative estimate of drug-likeness (QED) is 0.848. The fraction of sp³-hybridized carbons (Fsp3) is 0.286. The van der Waals surface area contributed by atoms with Gasteiger partial charge >= 0.3 is 0 Å². The summed E-state index contributed by atoms with van der Waals surface area (Å²) in [4.78, 5) is 12.9. The molecule has 0 saturated heterocycles. The largest absolute Gasteiger partial charge is 0.396 e. The minimum atomic E-state index is -0.291. The number of carbonyl (C=O) groups excluding carboxylic acids is 1. The van der Waals surface area contributed by atoms with Crippen LogP contribution in [0.1, 0.15) is 16.9 Å². The summed E-state index contributed by atoms with van der Waals surface area (Å²) in [7, 11) is 0. The zero-order valence-corrected chi connectivity index (χ0v) is 12.5. The molecule has 0 radical (unpaired) electrons. The lowest BCUT2D eigenvalue weighted by atomic mass is 10.1. The van der Waals surface area contributed by atoms with Gasteiger partial charge in [-0.25, -0.2) is 0 Å². The van der Waals surface area contributed by atoms with Gasteiger partial charge in [-0.1, -0.05) is 28.9 Å². The number of nitrogens with one attached hydrogen (secondary N) is 1. The van der Waals surface area contributed by atoms with Crippen molar-refractivity contribution in [3.05, 3.63) is 40.4 Å². The van der Waals surface area contributed by atoms with Crippen LogP contribution in [0.5, 0.6) is 0 Å². The van der Waals surface area contributed by atoms with Gasteiger partial charge in [-0.3, -0.25) is 4.79 Å². The number of nitrogens with zero attached hydrogens (tertiary/aromatic N) is 1. The number of aliphatic hydroxyl groups excluding tert-OH is 1. The monoisotopic (exact) mass is 324 g/mol. The second-order valence-corrected chi connectivity index (χ2v) is 6.54. The SMILES string of the molecule is O=C(N[C@@H]1C=C[C@H](CO)C1)c1cc(-c2ccc(Cl)s2)on1. The van der Waals surface area contributed by atoms with E-state index in [0.717, 1.165) is 4.88 Å². The molecule has 1 amide bonds. The van der Waals surface area contributed by atoms with E-state index < -0.39 is 0 Å². The van der Waals surface area contributed by atoms with E-state index in [0.29, 0.717) is 16.5 Å². The van der Waals surface area contributed by atoms with E-state index >= 15 is 0 Å². The molecule has 21 heavy (non-hydrogen) atoms. The van der Waals surface area contributed by atoms with Gasteiger partial charge in [0.1, 0.15) is 0 Å². The van der Waals surface area contributed by atoms with Crippen LogP contribution in [0.4, 0.5) is 0 Å². The van der Waals surface area contributed by atoms with Gasteiger partial charge < -0.3 is 14.9 Å². The molecule has 1 aliphatic carbocycles. The Bertz CT molecular complexity index is 679. The summed E-state index contributed by atoms with van der Waals surface area (Å²) in [5, 5.41) is 15.7. The third-order valence-electron chi connectivity index (χ3n) is 3.28. The Hall–Kier alpha value is -1.63. The molecule has 0 unspecified atom stereocenters. The van der Waals surface area contributed by atoms with Crippen LogP contribution in [0.15, 0.2) is 34.9 Å². The summed E-state index contributed by atoms with van der Waals surface area (Å²) in [5.41, 5.74) is 0.232. The molecule has 0 bridgehead atoms. The minimum Gasteiger partial charge on any atom is -0.396 e. The molecule has 0 fully saturated rings. The Kier molecular flexibility index (Phi) is 4.10. The molecule has 2 heterocycles. The maximum absolute atomic E-state index is 12.1. The van der Waals surface area contributed by atoms with Gasteiger partial charge in [0.2, 0.25) is 0 Å². The van der Waals surface area contributed by atoms with E-state index in [2.05, 4.69) is 10.5 Å².